The van der Waals surface area contributed by atoms with Crippen molar-refractivity contribution in [3.05, 3.63) is 46.2 Å². The number of nitrogens with zero attached hydrogens (tertiary/aromatic N) is 2. The van der Waals surface area contributed by atoms with E-state index in [1.165, 1.54) is 34.4 Å². The molecule has 2 amide bonds. The van der Waals surface area contributed by atoms with Gasteiger partial charge in [0.2, 0.25) is 5.91 Å². The van der Waals surface area contributed by atoms with Gasteiger partial charge in [-0.25, -0.2) is 9.37 Å². The first-order chi connectivity index (χ1) is 12.9. The van der Waals surface area contributed by atoms with E-state index in [-0.39, 0.29) is 24.1 Å². The monoisotopic (exact) mass is 391 g/mol. The fourth-order valence-electron chi connectivity index (χ4n) is 2.92. The van der Waals surface area contributed by atoms with Crippen molar-refractivity contribution in [2.24, 2.45) is 0 Å². The van der Waals surface area contributed by atoms with Gasteiger partial charge in [-0.2, -0.15) is 0 Å². The van der Waals surface area contributed by atoms with Crippen LogP contribution in [0.2, 0.25) is 0 Å². The van der Waals surface area contributed by atoms with Gasteiger partial charge in [-0.15, -0.1) is 11.3 Å². The van der Waals surface area contributed by atoms with Crippen LogP contribution in [0.3, 0.4) is 0 Å². The summed E-state index contributed by atoms with van der Waals surface area (Å²) in [5.74, 6) is -1.23. The second kappa shape index (κ2) is 8.58. The van der Waals surface area contributed by atoms with Gasteiger partial charge in [-0.05, 0) is 44.9 Å². The Bertz CT molecular complexity index is 814. The van der Waals surface area contributed by atoms with E-state index in [9.17, 15) is 14.0 Å². The molecule has 0 radical (unpaired) electrons. The zero-order valence-corrected chi connectivity index (χ0v) is 16.1. The number of rotatable bonds is 6. The number of hydrogen-bond donors (Lipinski definition) is 1. The van der Waals surface area contributed by atoms with E-state index in [0.29, 0.717) is 18.3 Å². The Morgan fingerprint density at radius 3 is 2.85 bits per heavy atom. The lowest BCUT2D eigenvalue weighted by Gasteiger charge is -2.25. The number of ether oxygens (including phenoxy) is 1. The first-order valence-corrected chi connectivity index (χ1v) is 9.64. The maximum Gasteiger partial charge on any atom is 0.254 e. The third-order valence-electron chi connectivity index (χ3n) is 4.42. The van der Waals surface area contributed by atoms with Crippen LogP contribution < -0.4 is 5.32 Å². The van der Waals surface area contributed by atoms with Gasteiger partial charge in [-0.1, -0.05) is 6.07 Å². The predicted octanol–water partition coefficient (Wildman–Crippen LogP) is 3.16. The van der Waals surface area contributed by atoms with Gasteiger partial charge in [0, 0.05) is 23.6 Å². The Morgan fingerprint density at radius 1 is 1.41 bits per heavy atom. The zero-order valence-electron chi connectivity index (χ0n) is 15.3. The molecule has 1 atom stereocenters. The number of halogens is 1. The third kappa shape index (κ3) is 5.11. The Hall–Kier alpha value is -2.32. The molecule has 0 saturated carbocycles. The van der Waals surface area contributed by atoms with Crippen LogP contribution in [-0.4, -0.2) is 47.5 Å². The minimum Gasteiger partial charge on any atom is -0.376 e. The molecular formula is C19H22FN3O3S. The largest absolute Gasteiger partial charge is 0.376 e. The standard InChI is InChI=1S/C19H22FN3O3S/c1-12-13(2)27-19(21-12)22-17(24)11-23(10-16-7-4-8-26-16)18(25)14-5-3-6-15(20)9-14/h3,5-6,9,16H,4,7-8,10-11H2,1-2H3,(H,21,22,24). The summed E-state index contributed by atoms with van der Waals surface area (Å²) in [6, 6.07) is 5.48. The molecule has 0 spiro atoms. The van der Waals surface area contributed by atoms with Crippen LogP contribution >= 0.6 is 11.3 Å². The summed E-state index contributed by atoms with van der Waals surface area (Å²) in [6.45, 7) is 4.60. The highest BCUT2D eigenvalue weighted by Gasteiger charge is 2.25. The minimum atomic E-state index is -0.490. The van der Waals surface area contributed by atoms with Crippen molar-refractivity contribution in [3.8, 4) is 0 Å². The Balaban J connectivity index is 1.72. The number of thiazole rings is 1. The van der Waals surface area contributed by atoms with Crippen LogP contribution in [0.25, 0.3) is 0 Å². The molecule has 1 fully saturated rings. The highest BCUT2D eigenvalue weighted by Crippen LogP contribution is 2.21. The molecule has 1 unspecified atom stereocenters. The lowest BCUT2D eigenvalue weighted by atomic mass is 10.1. The van der Waals surface area contributed by atoms with Crippen LogP contribution in [0.1, 0.15) is 33.8 Å². The first kappa shape index (κ1) is 19.4. The number of carbonyl (C=O) groups excluding carboxylic acids is 2. The van der Waals surface area contributed by atoms with Crippen LogP contribution in [0, 0.1) is 19.7 Å². The van der Waals surface area contributed by atoms with Crippen molar-refractivity contribution < 1.29 is 18.7 Å². The molecule has 8 heteroatoms. The SMILES string of the molecule is Cc1nc(NC(=O)CN(CC2CCCO2)C(=O)c2cccc(F)c2)sc1C. The number of amides is 2. The fraction of sp³-hybridized carbons (Fsp3) is 0.421. The highest BCUT2D eigenvalue weighted by atomic mass is 32.1. The van der Waals surface area contributed by atoms with Crippen molar-refractivity contribution in [2.45, 2.75) is 32.8 Å². The smallest absolute Gasteiger partial charge is 0.254 e. The Morgan fingerprint density at radius 2 is 2.22 bits per heavy atom. The van der Waals surface area contributed by atoms with E-state index in [0.717, 1.165) is 23.4 Å². The number of nitrogens with one attached hydrogen (secondary N) is 1. The summed E-state index contributed by atoms with van der Waals surface area (Å²) >= 11 is 1.39. The summed E-state index contributed by atoms with van der Waals surface area (Å²) in [7, 11) is 0. The van der Waals surface area contributed by atoms with Crippen molar-refractivity contribution >= 4 is 28.3 Å². The van der Waals surface area contributed by atoms with Crippen LogP contribution in [0.5, 0.6) is 0 Å². The number of hydrogen-bond acceptors (Lipinski definition) is 5. The molecule has 1 aromatic carbocycles. The molecule has 1 aliphatic rings. The van der Waals surface area contributed by atoms with Crippen molar-refractivity contribution in [3.63, 3.8) is 0 Å². The molecule has 3 rings (SSSR count). The molecule has 1 aromatic heterocycles. The van der Waals surface area contributed by atoms with Gasteiger partial charge in [-0.3, -0.25) is 9.59 Å². The lowest BCUT2D eigenvalue weighted by Crippen LogP contribution is -2.42. The Kier molecular flexibility index (Phi) is 6.18. The van der Waals surface area contributed by atoms with Gasteiger partial charge >= 0.3 is 0 Å². The quantitative estimate of drug-likeness (QED) is 0.821. The van der Waals surface area contributed by atoms with E-state index in [1.54, 1.807) is 6.07 Å². The van der Waals surface area contributed by atoms with Crippen LogP contribution in [0.15, 0.2) is 24.3 Å². The topological polar surface area (TPSA) is 71.5 Å². The van der Waals surface area contributed by atoms with Crippen molar-refractivity contribution in [2.75, 3.05) is 25.0 Å². The molecule has 1 N–H and O–H groups in total. The summed E-state index contributed by atoms with van der Waals surface area (Å²) in [6.07, 6.45) is 1.65. The van der Waals surface area contributed by atoms with E-state index in [4.69, 9.17) is 4.74 Å². The molecule has 144 valence electrons. The molecule has 1 saturated heterocycles. The summed E-state index contributed by atoms with van der Waals surface area (Å²) in [5, 5.41) is 3.24. The van der Waals surface area contributed by atoms with Gasteiger partial charge in [0.1, 0.15) is 12.4 Å². The molecule has 2 heterocycles. The third-order valence-corrected chi connectivity index (χ3v) is 5.40. The maximum absolute atomic E-state index is 13.5. The van der Waals surface area contributed by atoms with E-state index < -0.39 is 11.7 Å². The zero-order chi connectivity index (χ0) is 19.4. The van der Waals surface area contributed by atoms with Crippen LogP contribution in [-0.2, 0) is 9.53 Å². The molecule has 27 heavy (non-hydrogen) atoms. The molecule has 1 aliphatic heterocycles. The summed E-state index contributed by atoms with van der Waals surface area (Å²) in [5.41, 5.74) is 1.07. The van der Waals surface area contributed by atoms with E-state index in [2.05, 4.69) is 10.3 Å². The number of carbonyl (C=O) groups is 2. The number of aryl methyl sites for hydroxylation is 2. The lowest BCUT2D eigenvalue weighted by molar-refractivity contribution is -0.117. The second-order valence-corrected chi connectivity index (χ2v) is 7.74. The van der Waals surface area contributed by atoms with Crippen molar-refractivity contribution in [1.29, 1.82) is 0 Å². The number of anilines is 1. The summed E-state index contributed by atoms with van der Waals surface area (Å²) < 4.78 is 19.1. The van der Waals surface area contributed by atoms with Crippen LogP contribution in [0.4, 0.5) is 9.52 Å². The molecule has 0 aliphatic carbocycles. The molecule has 6 nitrogen and oxygen atoms in total. The van der Waals surface area contributed by atoms with E-state index >= 15 is 0 Å². The highest BCUT2D eigenvalue weighted by molar-refractivity contribution is 7.15. The maximum atomic E-state index is 13.5. The summed E-state index contributed by atoms with van der Waals surface area (Å²) in [4.78, 5) is 32.0. The molecular weight excluding hydrogens is 369 g/mol. The number of benzene rings is 1. The van der Waals surface area contributed by atoms with Gasteiger partial charge in [0.25, 0.3) is 5.91 Å². The average Bonchev–Trinajstić information content (AvgIpc) is 3.23. The van der Waals surface area contributed by atoms with Gasteiger partial charge in [0.05, 0.1) is 11.8 Å². The minimum absolute atomic E-state index is 0.111. The normalized spacial score (nSPS) is 16.3. The van der Waals surface area contributed by atoms with Gasteiger partial charge < -0.3 is 15.0 Å². The second-order valence-electron chi connectivity index (χ2n) is 6.54. The molecule has 0 bridgehead atoms. The number of aromatic nitrogens is 1. The predicted molar refractivity (Wildman–Crippen MR) is 101 cm³/mol. The first-order valence-electron chi connectivity index (χ1n) is 8.82. The fourth-order valence-corrected chi connectivity index (χ4v) is 3.75. The molecule has 2 aromatic rings. The van der Waals surface area contributed by atoms with Crippen molar-refractivity contribution in [1.82, 2.24) is 9.88 Å². The van der Waals surface area contributed by atoms with E-state index in [1.807, 2.05) is 13.8 Å². The average molecular weight is 391 g/mol. The van der Waals surface area contributed by atoms with Gasteiger partial charge in [0.15, 0.2) is 5.13 Å². The Labute approximate surface area is 161 Å².